The number of para-hydroxylation sites is 4. The number of fused-ring (bicyclic) bond motifs is 4. The van der Waals surface area contributed by atoms with Crippen LogP contribution in [0.5, 0.6) is 11.5 Å². The van der Waals surface area contributed by atoms with Gasteiger partial charge >= 0.3 is 16.9 Å². The highest BCUT2D eigenvalue weighted by atomic mass is 31.2. The number of hydrogen-bond acceptors (Lipinski definition) is 2. The second-order valence-corrected chi connectivity index (χ2v) is 25.5. The SMILES string of the molecule is CC(C)(C)c1cc(-c2cc(C(C)(C)C)cc(C(C)(C)C)c2OP(n2ccc3ccccc32)n2ccc3ccccc32)c(OP(n2ccc3ccccc32)n2ccc3ccccc32)c(C(C)(C)C)c1. The van der Waals surface area contributed by atoms with Gasteiger partial charge in [0.15, 0.2) is 0 Å². The third-order valence-corrected chi connectivity index (χ3v) is 16.8. The van der Waals surface area contributed by atoms with E-state index in [1.807, 2.05) is 0 Å². The molecule has 68 heavy (non-hydrogen) atoms. The van der Waals surface area contributed by atoms with E-state index in [1.165, 1.54) is 32.7 Å². The van der Waals surface area contributed by atoms with Crippen LogP contribution in [0, 0.1) is 0 Å². The third-order valence-electron chi connectivity index (χ3n) is 13.2. The van der Waals surface area contributed by atoms with Gasteiger partial charge in [0.1, 0.15) is 11.5 Å². The highest BCUT2D eigenvalue weighted by Crippen LogP contribution is 2.57. The highest BCUT2D eigenvalue weighted by Gasteiger charge is 2.36. The molecule has 0 aliphatic carbocycles. The number of rotatable bonds is 9. The molecule has 0 fully saturated rings. The number of benzene rings is 6. The summed E-state index contributed by atoms with van der Waals surface area (Å²) in [6, 6.07) is 53.0. The lowest BCUT2D eigenvalue weighted by molar-refractivity contribution is 0.516. The molecule has 0 amide bonds. The zero-order chi connectivity index (χ0) is 47.9. The van der Waals surface area contributed by atoms with Gasteiger partial charge in [-0.05, 0) is 93.5 Å². The minimum Gasteiger partial charge on any atom is -0.435 e. The zero-order valence-corrected chi connectivity index (χ0v) is 43.5. The molecule has 0 unspecified atom stereocenters. The molecule has 0 saturated carbocycles. The van der Waals surface area contributed by atoms with Crippen molar-refractivity contribution in [2.45, 2.75) is 105 Å². The molecule has 4 aromatic heterocycles. The molecule has 10 rings (SSSR count). The summed E-state index contributed by atoms with van der Waals surface area (Å²) in [7, 11) is -3.12. The van der Waals surface area contributed by atoms with Crippen molar-refractivity contribution in [2.24, 2.45) is 0 Å². The number of aromatic nitrogens is 4. The maximum Gasteiger partial charge on any atom is 0.318 e. The van der Waals surface area contributed by atoms with Gasteiger partial charge in [0.2, 0.25) is 0 Å². The quantitative estimate of drug-likeness (QED) is 0.135. The van der Waals surface area contributed by atoms with Crippen LogP contribution in [0.15, 0.2) is 170 Å². The van der Waals surface area contributed by atoms with Gasteiger partial charge in [0.05, 0.1) is 22.1 Å². The molecule has 346 valence electrons. The van der Waals surface area contributed by atoms with Crippen molar-refractivity contribution in [1.82, 2.24) is 17.4 Å². The van der Waals surface area contributed by atoms with Crippen LogP contribution in [0.2, 0.25) is 0 Å². The Balaban J connectivity index is 1.31. The smallest absolute Gasteiger partial charge is 0.318 e. The number of hydrogen-bond donors (Lipinski definition) is 0. The summed E-state index contributed by atoms with van der Waals surface area (Å²) >= 11 is 0. The van der Waals surface area contributed by atoms with Crippen LogP contribution in [0.3, 0.4) is 0 Å². The van der Waals surface area contributed by atoms with Crippen molar-refractivity contribution in [1.29, 1.82) is 0 Å². The lowest BCUT2D eigenvalue weighted by Crippen LogP contribution is -2.21. The lowest BCUT2D eigenvalue weighted by Gasteiger charge is -2.34. The van der Waals surface area contributed by atoms with Crippen LogP contribution in [0.25, 0.3) is 54.7 Å². The van der Waals surface area contributed by atoms with Crippen molar-refractivity contribution >= 4 is 60.5 Å². The topological polar surface area (TPSA) is 38.2 Å². The van der Waals surface area contributed by atoms with Gasteiger partial charge in [-0.15, -0.1) is 0 Å². The Morgan fingerprint density at radius 2 is 0.588 bits per heavy atom. The third kappa shape index (κ3) is 8.35. The lowest BCUT2D eigenvalue weighted by atomic mass is 9.75. The Kier molecular flexibility index (Phi) is 11.3. The van der Waals surface area contributed by atoms with E-state index in [9.17, 15) is 0 Å². The van der Waals surface area contributed by atoms with Gasteiger partial charge in [0, 0.05) is 68.6 Å². The average Bonchev–Trinajstić information content (AvgIpc) is 4.11. The predicted octanol–water partition coefficient (Wildman–Crippen LogP) is 17.8. The molecule has 0 aliphatic heterocycles. The Labute approximate surface area is 405 Å². The minimum absolute atomic E-state index is 0.179. The Bertz CT molecular complexity index is 3100. The molecular weight excluding hydrogens is 871 g/mol. The average molecular weight is 935 g/mol. The maximum atomic E-state index is 8.03. The Hall–Kier alpha value is -6.06. The van der Waals surface area contributed by atoms with Crippen LogP contribution in [-0.4, -0.2) is 17.4 Å². The molecule has 4 heterocycles. The van der Waals surface area contributed by atoms with Crippen molar-refractivity contribution in [2.75, 3.05) is 0 Å². The molecule has 0 bridgehead atoms. The first-order chi connectivity index (χ1) is 32.3. The Morgan fingerprint density at radius 3 is 0.838 bits per heavy atom. The normalized spacial score (nSPS) is 13.0. The monoisotopic (exact) mass is 934 g/mol. The molecule has 0 atom stereocenters. The van der Waals surface area contributed by atoms with Gasteiger partial charge in [-0.3, -0.25) is 17.4 Å². The van der Waals surface area contributed by atoms with Crippen LogP contribution >= 0.6 is 16.9 Å². The first kappa shape index (κ1) is 45.7. The molecule has 6 aromatic carbocycles. The van der Waals surface area contributed by atoms with Crippen molar-refractivity contribution in [3.63, 3.8) is 0 Å². The summed E-state index contributed by atoms with van der Waals surface area (Å²) < 4.78 is 25.5. The van der Waals surface area contributed by atoms with Gasteiger partial charge in [-0.2, -0.15) is 0 Å². The van der Waals surface area contributed by atoms with E-state index in [2.05, 4.69) is 271 Å². The van der Waals surface area contributed by atoms with E-state index in [4.69, 9.17) is 9.05 Å². The zero-order valence-electron chi connectivity index (χ0n) is 41.7. The summed E-state index contributed by atoms with van der Waals surface area (Å²) in [5, 5.41) is 4.69. The van der Waals surface area contributed by atoms with Gasteiger partial charge in [-0.25, -0.2) is 0 Å². The first-order valence-electron chi connectivity index (χ1n) is 23.9. The molecular formula is C60H64N4O2P2. The second kappa shape index (κ2) is 16.9. The van der Waals surface area contributed by atoms with E-state index in [-0.39, 0.29) is 21.7 Å². The fourth-order valence-corrected chi connectivity index (χ4v) is 12.9. The van der Waals surface area contributed by atoms with Crippen LogP contribution in [0.4, 0.5) is 0 Å². The fraction of sp³-hybridized carbons (Fsp3) is 0.267. The fourth-order valence-electron chi connectivity index (χ4n) is 9.25. The van der Waals surface area contributed by atoms with Gasteiger partial charge < -0.3 is 9.05 Å². The minimum atomic E-state index is -1.56. The molecule has 0 N–H and O–H groups in total. The van der Waals surface area contributed by atoms with Crippen molar-refractivity contribution in [3.8, 4) is 22.6 Å². The van der Waals surface area contributed by atoms with Crippen LogP contribution in [0.1, 0.15) is 105 Å². The van der Waals surface area contributed by atoms with E-state index >= 15 is 0 Å². The number of nitrogens with zero attached hydrogens (tertiary/aromatic N) is 4. The molecule has 10 aromatic rings. The van der Waals surface area contributed by atoms with Crippen molar-refractivity contribution in [3.05, 3.63) is 193 Å². The summed E-state index contributed by atoms with van der Waals surface area (Å²) in [6.45, 7) is 27.8. The van der Waals surface area contributed by atoms with Crippen LogP contribution in [-0.2, 0) is 21.7 Å². The van der Waals surface area contributed by atoms with E-state index in [0.717, 1.165) is 55.8 Å². The predicted molar refractivity (Wildman–Crippen MR) is 291 cm³/mol. The van der Waals surface area contributed by atoms with Gasteiger partial charge in [-0.1, -0.05) is 168 Å². The summed E-state index contributed by atoms with van der Waals surface area (Å²) in [4.78, 5) is 0. The second-order valence-electron chi connectivity index (χ2n) is 22.4. The molecule has 6 nitrogen and oxygen atoms in total. The first-order valence-corrected chi connectivity index (χ1v) is 26.2. The van der Waals surface area contributed by atoms with E-state index < -0.39 is 16.9 Å². The summed E-state index contributed by atoms with van der Waals surface area (Å²) in [5.74, 6) is 1.73. The van der Waals surface area contributed by atoms with E-state index in [1.54, 1.807) is 0 Å². The standard InChI is InChI=1S/C60H64N4O2P2/c1-57(2,3)45-37-47(55(49(39-45)59(7,8)9)65-67(61-33-29-41-21-13-17-25-51(41)61)62-34-30-42-22-14-18-26-52(42)62)48-38-46(58(4,5)6)40-50(60(10,11)12)56(48)66-68(63-35-31-43-23-15-19-27-53(43)63)64-36-32-44-24-16-20-28-54(44)64/h13-40H,1-12H3. The largest absolute Gasteiger partial charge is 0.435 e. The highest BCUT2D eigenvalue weighted by molar-refractivity contribution is 7.50. The molecule has 0 radical (unpaired) electrons. The van der Waals surface area contributed by atoms with Gasteiger partial charge in [0.25, 0.3) is 0 Å². The summed E-state index contributed by atoms with van der Waals surface area (Å²) in [6.07, 6.45) is 8.81. The molecule has 0 aliphatic rings. The molecule has 0 spiro atoms. The van der Waals surface area contributed by atoms with Crippen LogP contribution < -0.4 is 9.05 Å². The van der Waals surface area contributed by atoms with Crippen molar-refractivity contribution < 1.29 is 9.05 Å². The molecule has 8 heteroatoms. The maximum absolute atomic E-state index is 8.03. The Morgan fingerprint density at radius 1 is 0.324 bits per heavy atom. The van der Waals surface area contributed by atoms with E-state index in [0.29, 0.717) is 0 Å². The molecule has 0 saturated heterocycles. The summed E-state index contributed by atoms with van der Waals surface area (Å²) in [5.41, 5.74) is 10.4.